The minimum absolute atomic E-state index is 0.0105. The van der Waals surface area contributed by atoms with E-state index in [1.54, 1.807) is 6.92 Å². The van der Waals surface area contributed by atoms with Gasteiger partial charge in [-0.25, -0.2) is 0 Å². The molecule has 0 aliphatic carbocycles. The Hall–Kier alpha value is -2.10. The Morgan fingerprint density at radius 1 is 1.29 bits per heavy atom. The normalized spacial score (nSPS) is 14.4. The molecule has 0 saturated carbocycles. The van der Waals surface area contributed by atoms with Crippen molar-refractivity contribution in [3.8, 4) is 0 Å². The Bertz CT molecular complexity index is 695. The zero-order valence-corrected chi connectivity index (χ0v) is 12.9. The molecule has 4 nitrogen and oxygen atoms in total. The predicted molar refractivity (Wildman–Crippen MR) is 81.8 cm³/mol. The maximum atomic E-state index is 13.0. The summed E-state index contributed by atoms with van der Waals surface area (Å²) in [5.41, 5.74) is 3.34. The first kappa shape index (κ1) is 13.9. The lowest BCUT2D eigenvalue weighted by molar-refractivity contribution is 0.0986. The third-order valence-electron chi connectivity index (χ3n) is 3.92. The molecule has 0 spiro atoms. The van der Waals surface area contributed by atoms with E-state index in [9.17, 15) is 4.79 Å². The Labute approximate surface area is 124 Å². The van der Waals surface area contributed by atoms with Crippen LogP contribution in [-0.2, 0) is 11.8 Å². The van der Waals surface area contributed by atoms with Gasteiger partial charge < -0.3 is 9.42 Å². The highest BCUT2D eigenvalue weighted by Crippen LogP contribution is 2.33. The van der Waals surface area contributed by atoms with Gasteiger partial charge in [0.2, 0.25) is 0 Å². The first-order chi connectivity index (χ1) is 9.89. The van der Waals surface area contributed by atoms with Crippen LogP contribution >= 0.6 is 0 Å². The molecule has 0 fully saturated rings. The molecule has 0 radical (unpaired) electrons. The fraction of sp³-hybridized carbons (Fsp3) is 0.412. The lowest BCUT2D eigenvalue weighted by Crippen LogP contribution is -2.31. The van der Waals surface area contributed by atoms with E-state index in [-0.39, 0.29) is 11.3 Å². The molecular weight excluding hydrogens is 264 g/mol. The topological polar surface area (TPSA) is 46.3 Å². The molecule has 1 aliphatic rings. The van der Waals surface area contributed by atoms with Crippen LogP contribution in [0.15, 0.2) is 28.8 Å². The van der Waals surface area contributed by atoms with Crippen molar-refractivity contribution in [3.63, 3.8) is 0 Å². The first-order valence-electron chi connectivity index (χ1n) is 7.26. The summed E-state index contributed by atoms with van der Waals surface area (Å²) in [7, 11) is 0. The number of amides is 1. The highest BCUT2D eigenvalue weighted by atomic mass is 16.5. The molecule has 0 unspecified atom stereocenters. The van der Waals surface area contributed by atoms with Crippen molar-refractivity contribution in [3.05, 3.63) is 46.8 Å². The van der Waals surface area contributed by atoms with Gasteiger partial charge in [0.1, 0.15) is 17.0 Å². The molecule has 110 valence electrons. The standard InChI is InChI=1S/C17H20N2O2/c1-11-14(15(18-21-11)17(2,3)4)16(20)19-10-9-12-7-5-6-8-13(12)19/h5-8H,9-10H2,1-4H3. The molecule has 1 amide bonds. The van der Waals surface area contributed by atoms with Gasteiger partial charge in [-0.05, 0) is 25.0 Å². The molecule has 1 aliphatic heterocycles. The van der Waals surface area contributed by atoms with E-state index < -0.39 is 0 Å². The number of fused-ring (bicyclic) bond motifs is 1. The van der Waals surface area contributed by atoms with Crippen LogP contribution in [0.2, 0.25) is 0 Å². The Morgan fingerprint density at radius 2 is 2.00 bits per heavy atom. The number of hydrogen-bond donors (Lipinski definition) is 0. The monoisotopic (exact) mass is 284 g/mol. The summed E-state index contributed by atoms with van der Waals surface area (Å²) >= 11 is 0. The fourth-order valence-electron chi connectivity index (χ4n) is 2.82. The van der Waals surface area contributed by atoms with Crippen LogP contribution < -0.4 is 4.90 Å². The third-order valence-corrected chi connectivity index (χ3v) is 3.92. The van der Waals surface area contributed by atoms with Crippen molar-refractivity contribution < 1.29 is 9.32 Å². The number of carbonyl (C=O) groups excluding carboxylic acids is 1. The molecule has 1 aromatic heterocycles. The molecule has 2 heterocycles. The van der Waals surface area contributed by atoms with E-state index in [0.717, 1.165) is 17.8 Å². The number of anilines is 1. The smallest absolute Gasteiger partial charge is 0.263 e. The summed E-state index contributed by atoms with van der Waals surface area (Å²) in [5, 5.41) is 4.11. The van der Waals surface area contributed by atoms with Crippen LogP contribution in [0.5, 0.6) is 0 Å². The summed E-state index contributed by atoms with van der Waals surface area (Å²) in [5.74, 6) is 0.581. The van der Waals surface area contributed by atoms with Crippen molar-refractivity contribution in [2.45, 2.75) is 39.5 Å². The average molecular weight is 284 g/mol. The van der Waals surface area contributed by atoms with Gasteiger partial charge in [-0.15, -0.1) is 0 Å². The third kappa shape index (κ3) is 2.24. The molecular formula is C17H20N2O2. The molecule has 4 heteroatoms. The summed E-state index contributed by atoms with van der Waals surface area (Å²) in [6.45, 7) is 8.64. The molecule has 0 N–H and O–H groups in total. The van der Waals surface area contributed by atoms with Crippen molar-refractivity contribution in [2.24, 2.45) is 0 Å². The average Bonchev–Trinajstić information content (AvgIpc) is 3.01. The van der Waals surface area contributed by atoms with Gasteiger partial charge in [0, 0.05) is 17.6 Å². The maximum absolute atomic E-state index is 13.0. The lowest BCUT2D eigenvalue weighted by atomic mass is 9.88. The van der Waals surface area contributed by atoms with Crippen LogP contribution in [0.3, 0.4) is 0 Å². The number of nitrogens with zero attached hydrogens (tertiary/aromatic N) is 2. The fourth-order valence-corrected chi connectivity index (χ4v) is 2.82. The van der Waals surface area contributed by atoms with E-state index in [1.165, 1.54) is 5.56 Å². The van der Waals surface area contributed by atoms with E-state index in [1.807, 2.05) is 43.9 Å². The maximum Gasteiger partial charge on any atom is 0.263 e. The highest BCUT2D eigenvalue weighted by molar-refractivity contribution is 6.08. The van der Waals surface area contributed by atoms with Crippen LogP contribution in [0, 0.1) is 6.92 Å². The zero-order valence-electron chi connectivity index (χ0n) is 12.9. The van der Waals surface area contributed by atoms with Crippen LogP contribution in [0.1, 0.15) is 48.1 Å². The summed E-state index contributed by atoms with van der Waals surface area (Å²) in [6, 6.07) is 8.06. The van der Waals surface area contributed by atoms with E-state index in [2.05, 4.69) is 11.2 Å². The summed E-state index contributed by atoms with van der Waals surface area (Å²) in [4.78, 5) is 14.8. The summed E-state index contributed by atoms with van der Waals surface area (Å²) < 4.78 is 5.29. The number of hydrogen-bond acceptors (Lipinski definition) is 3. The largest absolute Gasteiger partial charge is 0.361 e. The number of para-hydroxylation sites is 1. The van der Waals surface area contributed by atoms with Gasteiger partial charge >= 0.3 is 0 Å². The number of benzene rings is 1. The minimum Gasteiger partial charge on any atom is -0.361 e. The molecule has 21 heavy (non-hydrogen) atoms. The van der Waals surface area contributed by atoms with Crippen molar-refractivity contribution in [2.75, 3.05) is 11.4 Å². The van der Waals surface area contributed by atoms with Crippen LogP contribution in [0.25, 0.3) is 0 Å². The Morgan fingerprint density at radius 3 is 2.71 bits per heavy atom. The van der Waals surface area contributed by atoms with E-state index in [0.29, 0.717) is 17.9 Å². The second-order valence-electron chi connectivity index (χ2n) is 6.55. The first-order valence-corrected chi connectivity index (χ1v) is 7.26. The summed E-state index contributed by atoms with van der Waals surface area (Å²) in [6.07, 6.45) is 0.900. The molecule has 1 aromatic carbocycles. The molecule has 2 aromatic rings. The van der Waals surface area contributed by atoms with Crippen molar-refractivity contribution in [1.29, 1.82) is 0 Å². The van der Waals surface area contributed by atoms with E-state index in [4.69, 9.17) is 4.52 Å². The van der Waals surface area contributed by atoms with E-state index >= 15 is 0 Å². The van der Waals surface area contributed by atoms with Gasteiger partial charge in [-0.1, -0.05) is 44.1 Å². The quantitative estimate of drug-likeness (QED) is 0.805. The second-order valence-corrected chi connectivity index (χ2v) is 6.55. The SMILES string of the molecule is Cc1onc(C(C)(C)C)c1C(=O)N1CCc2ccccc21. The van der Waals surface area contributed by atoms with Gasteiger partial charge in [-0.2, -0.15) is 0 Å². The molecule has 0 bridgehead atoms. The van der Waals surface area contributed by atoms with Gasteiger partial charge in [0.25, 0.3) is 5.91 Å². The zero-order chi connectivity index (χ0) is 15.2. The van der Waals surface area contributed by atoms with Crippen LogP contribution in [-0.4, -0.2) is 17.6 Å². The van der Waals surface area contributed by atoms with Crippen LogP contribution in [0.4, 0.5) is 5.69 Å². The van der Waals surface area contributed by atoms with Gasteiger partial charge in [0.15, 0.2) is 0 Å². The Balaban J connectivity index is 2.04. The molecule has 3 rings (SSSR count). The lowest BCUT2D eigenvalue weighted by Gasteiger charge is -2.21. The number of carbonyl (C=O) groups is 1. The molecule has 0 saturated heterocycles. The second kappa shape index (κ2) is 4.72. The Kier molecular flexibility index (Phi) is 3.12. The minimum atomic E-state index is -0.220. The predicted octanol–water partition coefficient (Wildman–Crippen LogP) is 3.48. The van der Waals surface area contributed by atoms with Gasteiger partial charge in [0.05, 0.1) is 0 Å². The molecule has 0 atom stereocenters. The van der Waals surface area contributed by atoms with Crippen molar-refractivity contribution in [1.82, 2.24) is 5.16 Å². The van der Waals surface area contributed by atoms with Gasteiger partial charge in [-0.3, -0.25) is 4.79 Å². The number of aryl methyl sites for hydroxylation is 1. The number of aromatic nitrogens is 1. The van der Waals surface area contributed by atoms with Crippen molar-refractivity contribution >= 4 is 11.6 Å². The number of rotatable bonds is 1. The highest BCUT2D eigenvalue weighted by Gasteiger charge is 2.33.